The Balaban J connectivity index is 2.31. The van der Waals surface area contributed by atoms with Gasteiger partial charge in [-0.15, -0.1) is 0 Å². The summed E-state index contributed by atoms with van der Waals surface area (Å²) in [6.07, 6.45) is 0. The van der Waals surface area contributed by atoms with Gasteiger partial charge in [-0.25, -0.2) is 0 Å². The maximum absolute atomic E-state index is 12.1. The molecule has 0 spiro atoms. The van der Waals surface area contributed by atoms with Crippen molar-refractivity contribution in [3.8, 4) is 23.0 Å². The third-order valence-electron chi connectivity index (χ3n) is 2.86. The number of hydrogen-bond donors (Lipinski definition) is 3. The lowest BCUT2D eigenvalue weighted by molar-refractivity contribution is 0.102. The first-order chi connectivity index (χ1) is 10.0. The van der Waals surface area contributed by atoms with E-state index in [2.05, 4.69) is 5.32 Å². The fourth-order valence-corrected chi connectivity index (χ4v) is 1.83. The fraction of sp³-hybridized carbons (Fsp3) is 0.133. The van der Waals surface area contributed by atoms with Crippen molar-refractivity contribution in [2.45, 2.75) is 0 Å². The third kappa shape index (κ3) is 3.17. The van der Waals surface area contributed by atoms with Gasteiger partial charge in [-0.1, -0.05) is 6.07 Å². The van der Waals surface area contributed by atoms with E-state index in [-0.39, 0.29) is 17.1 Å². The molecule has 3 N–H and O–H groups in total. The van der Waals surface area contributed by atoms with Crippen LogP contribution in [-0.2, 0) is 0 Å². The minimum Gasteiger partial charge on any atom is -0.507 e. The molecular formula is C15H15NO5. The first-order valence-corrected chi connectivity index (χ1v) is 6.10. The zero-order chi connectivity index (χ0) is 15.4. The van der Waals surface area contributed by atoms with Gasteiger partial charge in [0.05, 0.1) is 14.2 Å². The highest BCUT2D eigenvalue weighted by Gasteiger charge is 2.16. The Bertz CT molecular complexity index is 627. The summed E-state index contributed by atoms with van der Waals surface area (Å²) in [7, 11) is 2.99. The molecule has 2 aromatic carbocycles. The lowest BCUT2D eigenvalue weighted by Crippen LogP contribution is -2.12. The van der Waals surface area contributed by atoms with E-state index in [1.54, 1.807) is 18.2 Å². The lowest BCUT2D eigenvalue weighted by Gasteiger charge is -2.11. The number of carbonyl (C=O) groups excluding carboxylic acids is 1. The van der Waals surface area contributed by atoms with E-state index in [4.69, 9.17) is 9.47 Å². The highest BCUT2D eigenvalue weighted by molar-refractivity contribution is 6.08. The number of rotatable bonds is 4. The van der Waals surface area contributed by atoms with Gasteiger partial charge in [-0.05, 0) is 12.1 Å². The van der Waals surface area contributed by atoms with Gasteiger partial charge in [0.2, 0.25) is 0 Å². The maximum atomic E-state index is 12.1. The van der Waals surface area contributed by atoms with Gasteiger partial charge in [-0.2, -0.15) is 0 Å². The van der Waals surface area contributed by atoms with Crippen LogP contribution >= 0.6 is 0 Å². The van der Waals surface area contributed by atoms with Crippen molar-refractivity contribution >= 4 is 11.6 Å². The Morgan fingerprint density at radius 1 is 1.00 bits per heavy atom. The van der Waals surface area contributed by atoms with Crippen LogP contribution in [0.2, 0.25) is 0 Å². The zero-order valence-electron chi connectivity index (χ0n) is 11.6. The predicted octanol–water partition coefficient (Wildman–Crippen LogP) is 2.37. The van der Waals surface area contributed by atoms with E-state index in [9.17, 15) is 15.0 Å². The number of methoxy groups -OCH3 is 2. The molecule has 0 aliphatic carbocycles. The van der Waals surface area contributed by atoms with E-state index in [0.717, 1.165) is 0 Å². The molecule has 6 nitrogen and oxygen atoms in total. The van der Waals surface area contributed by atoms with E-state index >= 15 is 0 Å². The molecule has 21 heavy (non-hydrogen) atoms. The number of ether oxygens (including phenoxy) is 2. The molecule has 0 saturated heterocycles. The first-order valence-electron chi connectivity index (χ1n) is 6.10. The Morgan fingerprint density at radius 3 is 2.00 bits per heavy atom. The summed E-state index contributed by atoms with van der Waals surface area (Å²) in [6, 6.07) is 8.93. The van der Waals surface area contributed by atoms with Crippen LogP contribution in [0.5, 0.6) is 23.0 Å². The SMILES string of the molecule is COc1cc(NC(=O)c2c(O)cccc2O)cc(OC)c1. The monoisotopic (exact) mass is 289 g/mol. The van der Waals surface area contributed by atoms with Gasteiger partial charge in [0.15, 0.2) is 0 Å². The molecule has 0 radical (unpaired) electrons. The van der Waals surface area contributed by atoms with Crippen molar-refractivity contribution in [3.05, 3.63) is 42.0 Å². The maximum Gasteiger partial charge on any atom is 0.263 e. The summed E-state index contributed by atoms with van der Waals surface area (Å²) < 4.78 is 10.2. The molecule has 0 heterocycles. The predicted molar refractivity (Wildman–Crippen MR) is 77.3 cm³/mol. The largest absolute Gasteiger partial charge is 0.507 e. The highest BCUT2D eigenvalue weighted by Crippen LogP contribution is 2.29. The number of amides is 1. The summed E-state index contributed by atoms with van der Waals surface area (Å²) in [5, 5.41) is 21.9. The van der Waals surface area contributed by atoms with Gasteiger partial charge in [-0.3, -0.25) is 4.79 Å². The zero-order valence-corrected chi connectivity index (χ0v) is 11.6. The normalized spacial score (nSPS) is 10.0. The Hall–Kier alpha value is -2.89. The van der Waals surface area contributed by atoms with Crippen molar-refractivity contribution in [2.75, 3.05) is 19.5 Å². The number of phenolic OH excluding ortho intramolecular Hbond substituents is 2. The molecule has 1 amide bonds. The molecule has 0 saturated carbocycles. The van der Waals surface area contributed by atoms with Gasteiger partial charge in [0.1, 0.15) is 28.6 Å². The Kier molecular flexibility index (Phi) is 4.18. The second-order valence-corrected chi connectivity index (χ2v) is 4.23. The molecule has 0 bridgehead atoms. The number of carbonyl (C=O) groups is 1. The average Bonchev–Trinajstić information content (AvgIpc) is 2.46. The van der Waals surface area contributed by atoms with Crippen molar-refractivity contribution in [3.63, 3.8) is 0 Å². The third-order valence-corrected chi connectivity index (χ3v) is 2.86. The minimum atomic E-state index is -0.638. The van der Waals surface area contributed by atoms with Crippen molar-refractivity contribution in [1.82, 2.24) is 0 Å². The molecular weight excluding hydrogens is 274 g/mol. The minimum absolute atomic E-state index is 0.195. The van der Waals surface area contributed by atoms with Gasteiger partial charge in [0.25, 0.3) is 5.91 Å². The lowest BCUT2D eigenvalue weighted by atomic mass is 10.1. The number of benzene rings is 2. The van der Waals surface area contributed by atoms with Crippen LogP contribution in [0.4, 0.5) is 5.69 Å². The summed E-state index contributed by atoms with van der Waals surface area (Å²) in [5.74, 6) is -0.233. The van der Waals surface area contributed by atoms with Crippen molar-refractivity contribution in [2.24, 2.45) is 0 Å². The smallest absolute Gasteiger partial charge is 0.263 e. The fourth-order valence-electron chi connectivity index (χ4n) is 1.83. The summed E-state index contributed by atoms with van der Waals surface area (Å²) in [4.78, 5) is 12.1. The number of anilines is 1. The van der Waals surface area contributed by atoms with Crippen LogP contribution in [0, 0.1) is 0 Å². The Labute approximate surface area is 121 Å². The molecule has 0 unspecified atom stereocenters. The van der Waals surface area contributed by atoms with E-state index in [0.29, 0.717) is 17.2 Å². The van der Waals surface area contributed by atoms with Gasteiger partial charge < -0.3 is 25.0 Å². The molecule has 0 aliphatic heterocycles. The molecule has 0 aromatic heterocycles. The molecule has 2 rings (SSSR count). The molecule has 0 atom stereocenters. The highest BCUT2D eigenvalue weighted by atomic mass is 16.5. The first kappa shape index (κ1) is 14.5. The molecule has 2 aromatic rings. The molecule has 6 heteroatoms. The van der Waals surface area contributed by atoms with E-state index in [1.165, 1.54) is 32.4 Å². The quantitative estimate of drug-likeness (QED) is 0.804. The van der Waals surface area contributed by atoms with Crippen molar-refractivity contribution in [1.29, 1.82) is 0 Å². The molecule has 0 aliphatic rings. The number of aromatic hydroxyl groups is 2. The molecule has 0 fully saturated rings. The van der Waals surface area contributed by atoms with Gasteiger partial charge in [0, 0.05) is 23.9 Å². The topological polar surface area (TPSA) is 88.0 Å². The Morgan fingerprint density at radius 2 is 1.52 bits per heavy atom. The van der Waals surface area contributed by atoms with Crippen LogP contribution < -0.4 is 14.8 Å². The average molecular weight is 289 g/mol. The van der Waals surface area contributed by atoms with Gasteiger partial charge >= 0.3 is 0 Å². The van der Waals surface area contributed by atoms with Crippen LogP contribution in [0.1, 0.15) is 10.4 Å². The van der Waals surface area contributed by atoms with Crippen molar-refractivity contribution < 1.29 is 24.5 Å². The molecule has 110 valence electrons. The summed E-state index contributed by atoms with van der Waals surface area (Å²) >= 11 is 0. The standard InChI is InChI=1S/C15H15NO5/c1-20-10-6-9(7-11(8-10)21-2)16-15(19)14-12(17)4-3-5-13(14)18/h3-8,17-18H,1-2H3,(H,16,19). The van der Waals surface area contributed by atoms with Crippen LogP contribution in [0.25, 0.3) is 0 Å². The van der Waals surface area contributed by atoms with Crippen LogP contribution in [-0.4, -0.2) is 30.3 Å². The second-order valence-electron chi connectivity index (χ2n) is 4.23. The summed E-state index contributed by atoms with van der Waals surface area (Å²) in [6.45, 7) is 0. The van der Waals surface area contributed by atoms with E-state index < -0.39 is 5.91 Å². The number of nitrogens with one attached hydrogen (secondary N) is 1. The number of hydrogen-bond acceptors (Lipinski definition) is 5. The second kappa shape index (κ2) is 6.04. The van der Waals surface area contributed by atoms with E-state index in [1.807, 2.05) is 0 Å². The van der Waals surface area contributed by atoms with Crippen LogP contribution in [0.3, 0.4) is 0 Å². The summed E-state index contributed by atoms with van der Waals surface area (Å²) in [5.41, 5.74) is 0.220. The number of phenols is 2. The van der Waals surface area contributed by atoms with Crippen LogP contribution in [0.15, 0.2) is 36.4 Å².